The van der Waals surface area contributed by atoms with Gasteiger partial charge in [-0.15, -0.1) is 0 Å². The van der Waals surface area contributed by atoms with E-state index in [1.807, 2.05) is 0 Å². The lowest BCUT2D eigenvalue weighted by Gasteiger charge is -1.80. The Labute approximate surface area is 47.2 Å². The molecule has 0 heterocycles. The van der Waals surface area contributed by atoms with Crippen molar-refractivity contribution in [2.24, 2.45) is 0 Å². The lowest BCUT2D eigenvalue weighted by atomic mass is 10.2. The van der Waals surface area contributed by atoms with E-state index < -0.39 is 0 Å². The highest BCUT2D eigenvalue weighted by atomic mass is 16.2. The normalized spacial score (nSPS) is 20.2. The molecule has 42 valence electrons. The van der Waals surface area contributed by atoms with E-state index in [0.717, 1.165) is 0 Å². The smallest absolute Gasteiger partial charge is 0.166 e. The van der Waals surface area contributed by atoms with Crippen LogP contribution in [-0.4, -0.2) is 11.6 Å². The highest BCUT2D eigenvalue weighted by Crippen LogP contribution is 2.13. The molecule has 0 amide bonds. The Kier molecular flexibility index (Phi) is 1.01. The predicted molar refractivity (Wildman–Crippen MR) is 28.4 cm³/mol. The fraction of sp³-hybridized carbons (Fsp3) is 0.333. The third-order valence-electron chi connectivity index (χ3n) is 1.25. The van der Waals surface area contributed by atoms with Gasteiger partial charge in [0.25, 0.3) is 0 Å². The van der Waals surface area contributed by atoms with Crippen LogP contribution >= 0.6 is 0 Å². The van der Waals surface area contributed by atoms with Gasteiger partial charge in [0.1, 0.15) is 0 Å². The van der Waals surface area contributed by atoms with Gasteiger partial charge in [0, 0.05) is 12.8 Å². The molecule has 8 heavy (non-hydrogen) atoms. The Morgan fingerprint density at radius 1 is 1.12 bits per heavy atom. The van der Waals surface area contributed by atoms with Crippen LogP contribution in [0.3, 0.4) is 0 Å². The first kappa shape index (κ1) is 5.22. The molecule has 1 rings (SSSR count). The monoisotopic (exact) mass is 110 g/mol. The first-order chi connectivity index (χ1) is 3.72. The van der Waals surface area contributed by atoms with Crippen LogP contribution in [0.1, 0.15) is 12.8 Å². The molecule has 0 unspecified atom stereocenters. The molecule has 1 fully saturated rings. The molecule has 0 N–H and O–H groups in total. The average Bonchev–Trinajstić information content (AvgIpc) is 1.98. The Hall–Kier alpha value is -0.920. The molecule has 0 aliphatic heterocycles. The zero-order valence-corrected chi connectivity index (χ0v) is 4.44. The average molecular weight is 110 g/mol. The summed E-state index contributed by atoms with van der Waals surface area (Å²) < 4.78 is 0. The van der Waals surface area contributed by atoms with Crippen LogP contribution in [0.25, 0.3) is 0 Å². The van der Waals surface area contributed by atoms with Crippen molar-refractivity contribution in [3.63, 3.8) is 0 Å². The lowest BCUT2D eigenvalue weighted by molar-refractivity contribution is -0.116. The number of allylic oxidation sites excluding steroid dienone is 1. The maximum absolute atomic E-state index is 10.5. The van der Waals surface area contributed by atoms with E-state index in [1.54, 1.807) is 0 Å². The number of carbonyl (C=O) groups excluding carboxylic acids is 2. The van der Waals surface area contributed by atoms with Crippen LogP contribution in [-0.2, 0) is 9.59 Å². The van der Waals surface area contributed by atoms with Crippen molar-refractivity contribution in [2.45, 2.75) is 12.8 Å². The summed E-state index contributed by atoms with van der Waals surface area (Å²) in [4.78, 5) is 20.9. The lowest BCUT2D eigenvalue weighted by Crippen LogP contribution is -1.95. The van der Waals surface area contributed by atoms with Crippen molar-refractivity contribution in [1.29, 1.82) is 0 Å². The molecule has 0 radical (unpaired) electrons. The Balaban J connectivity index is 2.86. The topological polar surface area (TPSA) is 34.1 Å². The van der Waals surface area contributed by atoms with Crippen LogP contribution in [0.4, 0.5) is 0 Å². The fourth-order valence-corrected chi connectivity index (χ4v) is 0.684. The van der Waals surface area contributed by atoms with Crippen molar-refractivity contribution < 1.29 is 9.59 Å². The van der Waals surface area contributed by atoms with Gasteiger partial charge in [-0.25, -0.2) is 0 Å². The van der Waals surface area contributed by atoms with Crippen LogP contribution in [0.5, 0.6) is 0 Å². The molecular weight excluding hydrogens is 104 g/mol. The van der Waals surface area contributed by atoms with Gasteiger partial charge in [0.2, 0.25) is 0 Å². The SMILES string of the molecule is C=C1C(=O)CCC1=O. The van der Waals surface area contributed by atoms with Gasteiger partial charge in [0.15, 0.2) is 11.6 Å². The van der Waals surface area contributed by atoms with E-state index in [2.05, 4.69) is 6.58 Å². The van der Waals surface area contributed by atoms with Gasteiger partial charge in [-0.1, -0.05) is 6.58 Å². The largest absolute Gasteiger partial charge is 0.294 e. The maximum Gasteiger partial charge on any atom is 0.166 e. The van der Waals surface area contributed by atoms with Gasteiger partial charge < -0.3 is 0 Å². The first-order valence-electron chi connectivity index (χ1n) is 2.47. The van der Waals surface area contributed by atoms with E-state index >= 15 is 0 Å². The minimum Gasteiger partial charge on any atom is -0.294 e. The van der Waals surface area contributed by atoms with E-state index in [0.29, 0.717) is 12.8 Å². The van der Waals surface area contributed by atoms with Crippen molar-refractivity contribution in [1.82, 2.24) is 0 Å². The van der Waals surface area contributed by atoms with Crippen molar-refractivity contribution >= 4 is 11.6 Å². The van der Waals surface area contributed by atoms with Crippen LogP contribution < -0.4 is 0 Å². The van der Waals surface area contributed by atoms with E-state index in [9.17, 15) is 9.59 Å². The number of carbonyl (C=O) groups is 2. The molecule has 1 aliphatic carbocycles. The number of hydrogen-bond acceptors (Lipinski definition) is 2. The predicted octanol–water partition coefficient (Wildman–Crippen LogP) is 0.475. The molecule has 2 heteroatoms. The zero-order chi connectivity index (χ0) is 6.15. The Bertz CT molecular complexity index is 149. The van der Waals surface area contributed by atoms with Gasteiger partial charge in [-0.2, -0.15) is 0 Å². The van der Waals surface area contributed by atoms with E-state index in [-0.39, 0.29) is 17.1 Å². The molecule has 2 nitrogen and oxygen atoms in total. The molecule has 0 atom stereocenters. The number of Topliss-reactive ketones (excluding diaryl/α,β-unsaturated/α-hetero) is 2. The van der Waals surface area contributed by atoms with E-state index in [1.165, 1.54) is 0 Å². The molecule has 0 aromatic heterocycles. The highest BCUT2D eigenvalue weighted by Gasteiger charge is 2.22. The molecule has 0 bridgehead atoms. The van der Waals surface area contributed by atoms with Crippen LogP contribution in [0.2, 0.25) is 0 Å². The van der Waals surface area contributed by atoms with Crippen LogP contribution in [0, 0.1) is 0 Å². The minimum atomic E-state index is -0.0880. The first-order valence-corrected chi connectivity index (χ1v) is 2.47. The molecule has 0 spiro atoms. The standard InChI is InChI=1S/C6H6O2/c1-4-5(7)2-3-6(4)8/h1-3H2. The third kappa shape index (κ3) is 0.579. The molecule has 1 aliphatic rings. The maximum atomic E-state index is 10.5. The van der Waals surface area contributed by atoms with Gasteiger partial charge in [-0.05, 0) is 0 Å². The number of ketones is 2. The summed E-state index contributed by atoms with van der Waals surface area (Å²) in [5.41, 5.74) is 0.185. The summed E-state index contributed by atoms with van der Waals surface area (Å²) in [7, 11) is 0. The van der Waals surface area contributed by atoms with Crippen LogP contribution in [0.15, 0.2) is 12.2 Å². The fourth-order valence-electron chi connectivity index (χ4n) is 0.684. The molecule has 1 saturated carbocycles. The van der Waals surface area contributed by atoms with Gasteiger partial charge >= 0.3 is 0 Å². The second-order valence-electron chi connectivity index (χ2n) is 1.82. The van der Waals surface area contributed by atoms with E-state index in [4.69, 9.17) is 0 Å². The second kappa shape index (κ2) is 1.54. The second-order valence-corrected chi connectivity index (χ2v) is 1.82. The number of rotatable bonds is 0. The molecular formula is C6H6O2. The Morgan fingerprint density at radius 3 is 1.62 bits per heavy atom. The Morgan fingerprint density at radius 2 is 1.50 bits per heavy atom. The van der Waals surface area contributed by atoms with Gasteiger partial charge in [0.05, 0.1) is 5.57 Å². The zero-order valence-electron chi connectivity index (χ0n) is 4.44. The summed E-state index contributed by atoms with van der Waals surface area (Å²) >= 11 is 0. The summed E-state index contributed by atoms with van der Waals surface area (Å²) in [6.45, 7) is 3.32. The molecule has 0 saturated heterocycles. The minimum absolute atomic E-state index is 0.0880. The number of hydrogen-bond donors (Lipinski definition) is 0. The highest BCUT2D eigenvalue weighted by molar-refractivity contribution is 6.24. The quantitative estimate of drug-likeness (QED) is 0.335. The van der Waals surface area contributed by atoms with Gasteiger partial charge in [-0.3, -0.25) is 9.59 Å². The van der Waals surface area contributed by atoms with Crippen molar-refractivity contribution in [3.8, 4) is 0 Å². The van der Waals surface area contributed by atoms with Crippen molar-refractivity contribution in [3.05, 3.63) is 12.2 Å². The molecule has 0 aromatic rings. The summed E-state index contributed by atoms with van der Waals surface area (Å²) in [6, 6.07) is 0. The summed E-state index contributed by atoms with van der Waals surface area (Å²) in [6.07, 6.45) is 0.745. The molecule has 0 aromatic carbocycles. The summed E-state index contributed by atoms with van der Waals surface area (Å²) in [5, 5.41) is 0. The van der Waals surface area contributed by atoms with Crippen molar-refractivity contribution in [2.75, 3.05) is 0 Å². The summed E-state index contributed by atoms with van der Waals surface area (Å²) in [5.74, 6) is -0.176. The third-order valence-corrected chi connectivity index (χ3v) is 1.25.